The molecular weight excluding hydrogens is 196 g/mol. The zero-order valence-corrected chi connectivity index (χ0v) is 9.42. The first kappa shape index (κ1) is 11.5. The van der Waals surface area contributed by atoms with Gasteiger partial charge in [0.05, 0.1) is 0 Å². The molecule has 1 rings (SSSR count). The Labute approximate surface area is 87.7 Å². The molecule has 0 radical (unpaired) electrons. The first-order valence-corrected chi connectivity index (χ1v) is 4.70. The first-order valence-electron chi connectivity index (χ1n) is 4.70. The molecule has 6 heteroatoms. The maximum absolute atomic E-state index is 11.7. The molecule has 0 saturated carbocycles. The topological polar surface area (TPSA) is 81.8 Å². The highest BCUT2D eigenvalue weighted by Gasteiger charge is 2.20. The molecular formula is C9H16N4O2. The van der Waals surface area contributed by atoms with Gasteiger partial charge in [0.15, 0.2) is 0 Å². The van der Waals surface area contributed by atoms with Crippen LogP contribution in [0.15, 0.2) is 4.79 Å². The van der Waals surface area contributed by atoms with E-state index >= 15 is 0 Å². The van der Waals surface area contributed by atoms with E-state index in [0.717, 1.165) is 0 Å². The van der Waals surface area contributed by atoms with Crippen molar-refractivity contribution in [2.24, 2.45) is 5.41 Å². The van der Waals surface area contributed by atoms with Crippen LogP contribution in [-0.4, -0.2) is 39.6 Å². The molecule has 15 heavy (non-hydrogen) atoms. The fourth-order valence-corrected chi connectivity index (χ4v) is 1.34. The van der Waals surface area contributed by atoms with Crippen molar-refractivity contribution in [1.82, 2.24) is 20.1 Å². The average Bonchev–Trinajstić information content (AvgIpc) is 2.47. The van der Waals surface area contributed by atoms with Crippen LogP contribution in [0, 0.1) is 5.41 Å². The molecule has 1 heterocycles. The monoisotopic (exact) mass is 212 g/mol. The van der Waals surface area contributed by atoms with Crippen LogP contribution in [0.4, 0.5) is 0 Å². The van der Waals surface area contributed by atoms with Gasteiger partial charge in [-0.15, -0.1) is 5.10 Å². The van der Waals surface area contributed by atoms with Gasteiger partial charge in [-0.2, -0.15) is 0 Å². The third-order valence-corrected chi connectivity index (χ3v) is 1.76. The molecule has 1 amide bonds. The molecule has 0 spiro atoms. The summed E-state index contributed by atoms with van der Waals surface area (Å²) in [6.07, 6.45) is 0. The van der Waals surface area contributed by atoms with Crippen molar-refractivity contribution >= 4 is 5.91 Å². The Morgan fingerprint density at radius 1 is 1.47 bits per heavy atom. The number of nitrogens with zero attached hydrogens (tertiary/aromatic N) is 2. The normalized spacial score (nSPS) is 11.5. The van der Waals surface area contributed by atoms with Gasteiger partial charge in [0, 0.05) is 13.6 Å². The second-order valence-corrected chi connectivity index (χ2v) is 4.75. The Balaban J connectivity index is 2.73. The van der Waals surface area contributed by atoms with Crippen molar-refractivity contribution in [3.63, 3.8) is 0 Å². The Kier molecular flexibility index (Phi) is 2.97. The van der Waals surface area contributed by atoms with Gasteiger partial charge in [-0.3, -0.25) is 9.78 Å². The molecule has 1 aromatic heterocycles. The maximum atomic E-state index is 11.7. The lowest BCUT2D eigenvalue weighted by Crippen LogP contribution is -2.35. The lowest BCUT2D eigenvalue weighted by atomic mass is 9.96. The minimum atomic E-state index is -0.470. The van der Waals surface area contributed by atoms with Gasteiger partial charge in [0.1, 0.15) is 0 Å². The number of carbonyl (C=O) groups excluding carboxylic acids is 1. The van der Waals surface area contributed by atoms with Crippen LogP contribution in [0.1, 0.15) is 31.4 Å². The third-order valence-electron chi connectivity index (χ3n) is 1.76. The molecule has 0 aliphatic carbocycles. The third kappa shape index (κ3) is 3.23. The molecule has 0 atom stereocenters. The van der Waals surface area contributed by atoms with E-state index in [-0.39, 0.29) is 17.1 Å². The van der Waals surface area contributed by atoms with Gasteiger partial charge >= 0.3 is 5.69 Å². The number of aromatic nitrogens is 3. The number of hydrogen-bond donors (Lipinski definition) is 2. The highest BCUT2D eigenvalue weighted by atomic mass is 16.2. The Hall–Kier alpha value is -1.59. The molecule has 6 nitrogen and oxygen atoms in total. The second kappa shape index (κ2) is 3.88. The summed E-state index contributed by atoms with van der Waals surface area (Å²) >= 11 is 0. The fraction of sp³-hybridized carbons (Fsp3) is 0.667. The highest BCUT2D eigenvalue weighted by Crippen LogP contribution is 2.14. The average molecular weight is 212 g/mol. The summed E-state index contributed by atoms with van der Waals surface area (Å²) in [5, 5.41) is 5.74. The quantitative estimate of drug-likeness (QED) is 0.735. The number of hydrogen-bond acceptors (Lipinski definition) is 3. The van der Waals surface area contributed by atoms with Gasteiger partial charge in [-0.05, 0) is 5.41 Å². The first-order chi connectivity index (χ1) is 6.79. The van der Waals surface area contributed by atoms with Crippen molar-refractivity contribution in [3.8, 4) is 0 Å². The van der Waals surface area contributed by atoms with Crippen LogP contribution in [0.2, 0.25) is 0 Å². The summed E-state index contributed by atoms with van der Waals surface area (Å²) in [6.45, 7) is 6.69. The number of amides is 1. The number of rotatable bonds is 2. The number of H-pyrrole nitrogens is 2. The zero-order chi connectivity index (χ0) is 11.6. The van der Waals surface area contributed by atoms with Gasteiger partial charge in [-0.25, -0.2) is 9.89 Å². The minimum absolute atomic E-state index is 0.0149. The van der Waals surface area contributed by atoms with E-state index in [9.17, 15) is 9.59 Å². The van der Waals surface area contributed by atoms with Crippen molar-refractivity contribution in [2.75, 3.05) is 13.6 Å². The van der Waals surface area contributed by atoms with Crippen LogP contribution in [-0.2, 0) is 0 Å². The van der Waals surface area contributed by atoms with Crippen LogP contribution >= 0.6 is 0 Å². The lowest BCUT2D eigenvalue weighted by Gasteiger charge is -2.25. The number of nitrogens with one attached hydrogen (secondary N) is 2. The van der Waals surface area contributed by atoms with Gasteiger partial charge in [-0.1, -0.05) is 20.8 Å². The summed E-state index contributed by atoms with van der Waals surface area (Å²) in [4.78, 5) is 26.3. The van der Waals surface area contributed by atoms with E-state index in [1.807, 2.05) is 20.8 Å². The fourth-order valence-electron chi connectivity index (χ4n) is 1.34. The summed E-state index contributed by atoms with van der Waals surface area (Å²) in [6, 6.07) is 0. The summed E-state index contributed by atoms with van der Waals surface area (Å²) in [5.74, 6) is -0.241. The second-order valence-electron chi connectivity index (χ2n) is 4.75. The molecule has 2 N–H and O–H groups in total. The minimum Gasteiger partial charge on any atom is -0.338 e. The van der Waals surface area contributed by atoms with E-state index in [1.54, 1.807) is 7.05 Å². The van der Waals surface area contributed by atoms with Crippen molar-refractivity contribution in [3.05, 3.63) is 16.3 Å². The Bertz CT molecular complexity index is 399. The van der Waals surface area contributed by atoms with E-state index in [0.29, 0.717) is 6.54 Å². The van der Waals surface area contributed by atoms with Crippen molar-refractivity contribution in [1.29, 1.82) is 0 Å². The van der Waals surface area contributed by atoms with Crippen molar-refractivity contribution in [2.45, 2.75) is 20.8 Å². The standard InChI is InChI=1S/C9H16N4O2/c1-9(2,3)5-13(4)7(14)6-10-8(15)12-11-6/h5H2,1-4H3,(H2,10,11,12,15). The SMILES string of the molecule is CN(CC(C)(C)C)C(=O)c1n[nH]c(=O)[nH]1. The van der Waals surface area contributed by atoms with Gasteiger partial charge < -0.3 is 4.90 Å². The summed E-state index contributed by atoms with van der Waals surface area (Å²) in [7, 11) is 1.68. The smallest absolute Gasteiger partial charge is 0.338 e. The molecule has 0 aliphatic rings. The highest BCUT2D eigenvalue weighted by molar-refractivity contribution is 5.90. The summed E-state index contributed by atoms with van der Waals surface area (Å²) in [5.41, 5.74) is -0.455. The number of aromatic amines is 2. The van der Waals surface area contributed by atoms with E-state index in [2.05, 4.69) is 15.2 Å². The van der Waals surface area contributed by atoms with Gasteiger partial charge in [0.2, 0.25) is 5.82 Å². The molecule has 0 saturated heterocycles. The predicted octanol–water partition coefficient (Wildman–Crippen LogP) is 0.216. The maximum Gasteiger partial charge on any atom is 0.341 e. The van der Waals surface area contributed by atoms with E-state index in [1.165, 1.54) is 4.90 Å². The molecule has 0 fully saturated rings. The molecule has 0 aromatic carbocycles. The largest absolute Gasteiger partial charge is 0.341 e. The molecule has 0 bridgehead atoms. The predicted molar refractivity (Wildman–Crippen MR) is 55.6 cm³/mol. The zero-order valence-electron chi connectivity index (χ0n) is 9.42. The molecule has 0 aliphatic heterocycles. The lowest BCUT2D eigenvalue weighted by molar-refractivity contribution is 0.0734. The van der Waals surface area contributed by atoms with Crippen LogP contribution < -0.4 is 5.69 Å². The van der Waals surface area contributed by atoms with Crippen molar-refractivity contribution < 1.29 is 4.79 Å². The van der Waals surface area contributed by atoms with E-state index in [4.69, 9.17) is 0 Å². The number of carbonyl (C=O) groups is 1. The Morgan fingerprint density at radius 3 is 2.47 bits per heavy atom. The van der Waals surface area contributed by atoms with E-state index < -0.39 is 5.69 Å². The molecule has 1 aromatic rings. The van der Waals surface area contributed by atoms with Crippen LogP contribution in [0.3, 0.4) is 0 Å². The Morgan fingerprint density at radius 2 is 2.07 bits per heavy atom. The molecule has 84 valence electrons. The summed E-state index contributed by atoms with van der Waals surface area (Å²) < 4.78 is 0. The van der Waals surface area contributed by atoms with Crippen LogP contribution in [0.25, 0.3) is 0 Å². The molecule has 0 unspecified atom stereocenters. The van der Waals surface area contributed by atoms with Gasteiger partial charge in [0.25, 0.3) is 5.91 Å². The van der Waals surface area contributed by atoms with Crippen LogP contribution in [0.5, 0.6) is 0 Å².